The molecule has 0 saturated heterocycles. The molecule has 0 bridgehead atoms. The molecule has 0 aromatic rings. The van der Waals surface area contributed by atoms with E-state index >= 15 is 0 Å². The number of hydrogen-bond acceptors (Lipinski definition) is 4. The highest BCUT2D eigenvalue weighted by atomic mass is 32.2. The van der Waals surface area contributed by atoms with E-state index in [1.54, 1.807) is 0 Å². The van der Waals surface area contributed by atoms with Crippen LogP contribution in [0.3, 0.4) is 0 Å². The Kier molecular flexibility index (Phi) is 4.31. The lowest BCUT2D eigenvalue weighted by Crippen LogP contribution is -2.39. The largest absolute Gasteiger partial charge is 0.479 e. The molecule has 1 atom stereocenters. The van der Waals surface area contributed by atoms with Crippen molar-refractivity contribution in [3.05, 3.63) is 0 Å². The first-order valence-corrected chi connectivity index (χ1v) is 5.21. The van der Waals surface area contributed by atoms with Crippen LogP contribution in [0, 0.1) is 0 Å². The average molecular weight is 211 g/mol. The lowest BCUT2D eigenvalue weighted by atomic mass is 10.4. The number of carbonyl (C=O) groups is 1. The van der Waals surface area contributed by atoms with Gasteiger partial charge in [0.25, 0.3) is 0 Å². The van der Waals surface area contributed by atoms with Crippen molar-refractivity contribution in [1.82, 2.24) is 4.72 Å². The van der Waals surface area contributed by atoms with Crippen LogP contribution in [0.2, 0.25) is 0 Å². The maximum Gasteiger partial charge on any atom is 0.333 e. The Balaban J connectivity index is 4.11. The van der Waals surface area contributed by atoms with E-state index in [1.807, 2.05) is 4.72 Å². The Morgan fingerprint density at radius 1 is 1.46 bits per heavy atom. The number of aliphatic hydroxyl groups is 1. The molecule has 0 aliphatic rings. The fourth-order valence-corrected chi connectivity index (χ4v) is 1.17. The number of aliphatic carboxylic acids is 1. The van der Waals surface area contributed by atoms with Crippen molar-refractivity contribution in [1.29, 1.82) is 0 Å². The van der Waals surface area contributed by atoms with Gasteiger partial charge in [-0.05, 0) is 13.8 Å². The third kappa shape index (κ3) is 4.20. The fraction of sp³-hybridized carbons (Fsp3) is 0.833. The van der Waals surface area contributed by atoms with Crippen LogP contribution >= 0.6 is 0 Å². The van der Waals surface area contributed by atoms with Gasteiger partial charge in [-0.15, -0.1) is 0 Å². The van der Waals surface area contributed by atoms with E-state index in [4.69, 9.17) is 10.2 Å². The van der Waals surface area contributed by atoms with Gasteiger partial charge in [0.15, 0.2) is 6.10 Å². The molecular weight excluding hydrogens is 198 g/mol. The Morgan fingerprint density at radius 3 is 2.23 bits per heavy atom. The molecule has 13 heavy (non-hydrogen) atoms. The van der Waals surface area contributed by atoms with Crippen molar-refractivity contribution in [3.63, 3.8) is 0 Å². The summed E-state index contributed by atoms with van der Waals surface area (Å²) in [5, 5.41) is 16.3. The zero-order chi connectivity index (χ0) is 10.6. The van der Waals surface area contributed by atoms with Crippen LogP contribution in [0.15, 0.2) is 0 Å². The van der Waals surface area contributed by atoms with E-state index in [0.29, 0.717) is 0 Å². The van der Waals surface area contributed by atoms with Crippen LogP contribution in [-0.2, 0) is 14.8 Å². The molecule has 0 amide bonds. The van der Waals surface area contributed by atoms with Gasteiger partial charge in [0.05, 0.1) is 5.25 Å². The molecule has 0 aliphatic carbocycles. The van der Waals surface area contributed by atoms with Crippen LogP contribution in [0.4, 0.5) is 0 Å². The Bertz CT molecular complexity index is 271. The normalized spacial score (nSPS) is 14.5. The standard InChI is InChI=1S/C6H13NO5S/c1-4(2)13(11,12)7-3-5(8)6(9)10/h4-5,7-8H,3H2,1-2H3,(H,9,10)/t5-/m0/s1. The van der Waals surface area contributed by atoms with E-state index in [-0.39, 0.29) is 0 Å². The first-order chi connectivity index (χ1) is 5.77. The predicted molar refractivity (Wildman–Crippen MR) is 45.7 cm³/mol. The predicted octanol–water partition coefficient (Wildman–Crippen LogP) is -1.24. The molecule has 3 N–H and O–H groups in total. The molecule has 0 aromatic carbocycles. The number of sulfonamides is 1. The Morgan fingerprint density at radius 2 is 1.92 bits per heavy atom. The molecule has 7 heteroatoms. The van der Waals surface area contributed by atoms with Crippen LogP contribution in [0.25, 0.3) is 0 Å². The van der Waals surface area contributed by atoms with Gasteiger partial charge in [0, 0.05) is 6.54 Å². The number of carboxylic acid groups (broad SMARTS) is 1. The van der Waals surface area contributed by atoms with Crippen LogP contribution in [0.5, 0.6) is 0 Å². The minimum Gasteiger partial charge on any atom is -0.479 e. The molecule has 78 valence electrons. The summed E-state index contributed by atoms with van der Waals surface area (Å²) in [4.78, 5) is 10.1. The number of nitrogens with one attached hydrogen (secondary N) is 1. The van der Waals surface area contributed by atoms with E-state index in [1.165, 1.54) is 13.8 Å². The van der Waals surface area contributed by atoms with Gasteiger partial charge in [-0.3, -0.25) is 0 Å². The summed E-state index contributed by atoms with van der Waals surface area (Å²) in [5.74, 6) is -1.45. The molecule has 0 aromatic heterocycles. The lowest BCUT2D eigenvalue weighted by molar-refractivity contribution is -0.146. The third-order valence-electron chi connectivity index (χ3n) is 1.38. The number of carboxylic acids is 1. The average Bonchev–Trinajstić information content (AvgIpc) is 1.99. The third-order valence-corrected chi connectivity index (χ3v) is 3.19. The van der Waals surface area contributed by atoms with Crippen molar-refractivity contribution in [3.8, 4) is 0 Å². The zero-order valence-electron chi connectivity index (χ0n) is 7.39. The topological polar surface area (TPSA) is 104 Å². The van der Waals surface area contributed by atoms with Gasteiger partial charge in [-0.2, -0.15) is 0 Å². The van der Waals surface area contributed by atoms with E-state index in [2.05, 4.69) is 0 Å². The maximum absolute atomic E-state index is 11.0. The van der Waals surface area contributed by atoms with Gasteiger partial charge in [-0.1, -0.05) is 0 Å². The second kappa shape index (κ2) is 4.54. The summed E-state index contributed by atoms with van der Waals surface area (Å²) >= 11 is 0. The summed E-state index contributed by atoms with van der Waals surface area (Å²) in [5.41, 5.74) is 0. The molecule has 0 rings (SSSR count). The minimum absolute atomic E-state index is 0.504. The SMILES string of the molecule is CC(C)S(=O)(=O)NC[C@H](O)C(=O)O. The van der Waals surface area contributed by atoms with Gasteiger partial charge in [-0.25, -0.2) is 17.9 Å². The van der Waals surface area contributed by atoms with Crippen LogP contribution in [0.1, 0.15) is 13.8 Å². The van der Waals surface area contributed by atoms with Crippen molar-refractivity contribution in [2.45, 2.75) is 25.2 Å². The molecule has 0 aliphatic heterocycles. The number of aliphatic hydroxyl groups excluding tert-OH is 1. The first kappa shape index (κ1) is 12.3. The second-order valence-electron chi connectivity index (χ2n) is 2.80. The molecule has 0 fully saturated rings. The molecule has 0 unspecified atom stereocenters. The maximum atomic E-state index is 11.0. The first-order valence-electron chi connectivity index (χ1n) is 3.66. The van der Waals surface area contributed by atoms with Crippen molar-refractivity contribution < 1.29 is 23.4 Å². The smallest absolute Gasteiger partial charge is 0.333 e. The highest BCUT2D eigenvalue weighted by Gasteiger charge is 2.19. The minimum atomic E-state index is -3.50. The molecular formula is C6H13NO5S. The van der Waals surface area contributed by atoms with Crippen LogP contribution < -0.4 is 4.72 Å². The number of hydrogen-bond donors (Lipinski definition) is 3. The molecule has 0 heterocycles. The Hall–Kier alpha value is -0.660. The highest BCUT2D eigenvalue weighted by molar-refractivity contribution is 7.90. The van der Waals surface area contributed by atoms with E-state index < -0.39 is 33.9 Å². The summed E-state index contributed by atoms with van der Waals surface area (Å²) in [6.45, 7) is 2.40. The molecule has 0 radical (unpaired) electrons. The summed E-state index contributed by atoms with van der Waals surface area (Å²) in [6, 6.07) is 0. The lowest BCUT2D eigenvalue weighted by Gasteiger charge is -2.10. The summed E-state index contributed by atoms with van der Waals surface area (Å²) in [6.07, 6.45) is -1.70. The monoisotopic (exact) mass is 211 g/mol. The van der Waals surface area contributed by atoms with Gasteiger partial charge >= 0.3 is 5.97 Å². The van der Waals surface area contributed by atoms with E-state index in [0.717, 1.165) is 0 Å². The summed E-state index contributed by atoms with van der Waals surface area (Å²) in [7, 11) is -3.50. The quantitative estimate of drug-likeness (QED) is 0.527. The van der Waals surface area contributed by atoms with Gasteiger partial charge < -0.3 is 10.2 Å². The van der Waals surface area contributed by atoms with E-state index in [9.17, 15) is 13.2 Å². The fourth-order valence-electron chi connectivity index (χ4n) is 0.449. The molecule has 6 nitrogen and oxygen atoms in total. The van der Waals surface area contributed by atoms with Gasteiger partial charge in [0.2, 0.25) is 10.0 Å². The second-order valence-corrected chi connectivity index (χ2v) is 5.12. The summed E-state index contributed by atoms with van der Waals surface area (Å²) < 4.78 is 24.1. The van der Waals surface area contributed by atoms with Crippen molar-refractivity contribution in [2.24, 2.45) is 0 Å². The Labute approximate surface area is 76.6 Å². The van der Waals surface area contributed by atoms with Gasteiger partial charge in [0.1, 0.15) is 0 Å². The van der Waals surface area contributed by atoms with Crippen LogP contribution in [-0.4, -0.2) is 42.5 Å². The zero-order valence-corrected chi connectivity index (χ0v) is 8.21. The molecule has 0 spiro atoms. The number of rotatable bonds is 5. The van der Waals surface area contributed by atoms with Crippen molar-refractivity contribution in [2.75, 3.05) is 6.54 Å². The molecule has 0 saturated carbocycles. The van der Waals surface area contributed by atoms with Crippen molar-refractivity contribution >= 4 is 16.0 Å². The highest BCUT2D eigenvalue weighted by Crippen LogP contribution is 1.95.